The number of guanidine groups is 1. The summed E-state index contributed by atoms with van der Waals surface area (Å²) in [7, 11) is 0. The zero-order valence-electron chi connectivity index (χ0n) is 32.8. The molecule has 314 valence electrons. The van der Waals surface area contributed by atoms with E-state index >= 15 is 0 Å². The maximum Gasteiger partial charge on any atom is 0.322 e. The van der Waals surface area contributed by atoms with E-state index in [2.05, 4.69) is 36.9 Å². The number of amides is 7. The van der Waals surface area contributed by atoms with Crippen molar-refractivity contribution in [1.29, 1.82) is 0 Å². The minimum atomic E-state index is -1.55. The van der Waals surface area contributed by atoms with Gasteiger partial charge in [0.05, 0.1) is 12.5 Å². The first-order valence-electron chi connectivity index (χ1n) is 18.5. The predicted octanol–water partition coefficient (Wildman–Crippen LogP) is -3.65. The molecule has 0 aromatic rings. The van der Waals surface area contributed by atoms with Gasteiger partial charge in [0, 0.05) is 6.54 Å². The van der Waals surface area contributed by atoms with Crippen LogP contribution < -0.4 is 60.6 Å². The molecule has 0 aromatic heterocycles. The summed E-state index contributed by atoms with van der Waals surface area (Å²) in [5.41, 5.74) is 27.7. The number of hydrogen-bond acceptors (Lipinski definition) is 11. The molecular weight excluding hydrogens is 720 g/mol. The number of nitrogens with one attached hydrogen (secondary N) is 6. The Hall–Kier alpha value is -5.05. The molecule has 21 heteroatoms. The smallest absolute Gasteiger partial charge is 0.322 e. The summed E-state index contributed by atoms with van der Waals surface area (Å²) >= 11 is 0. The van der Waals surface area contributed by atoms with Gasteiger partial charge in [-0.05, 0) is 56.4 Å². The van der Waals surface area contributed by atoms with Crippen molar-refractivity contribution in [3.05, 3.63) is 0 Å². The van der Waals surface area contributed by atoms with Crippen LogP contribution in [0.1, 0.15) is 86.5 Å². The zero-order chi connectivity index (χ0) is 42.4. The van der Waals surface area contributed by atoms with Gasteiger partial charge in [0.15, 0.2) is 5.96 Å². The summed E-state index contributed by atoms with van der Waals surface area (Å²) in [6.07, 6.45) is 0.878. The summed E-state index contributed by atoms with van der Waals surface area (Å²) in [5.74, 6) is -8.26. The van der Waals surface area contributed by atoms with E-state index in [1.807, 2.05) is 0 Å². The summed E-state index contributed by atoms with van der Waals surface area (Å²) < 4.78 is 0. The third kappa shape index (κ3) is 19.7. The molecule has 55 heavy (non-hydrogen) atoms. The average molecular weight is 785 g/mol. The molecule has 17 N–H and O–H groups in total. The molecule has 0 unspecified atom stereocenters. The van der Waals surface area contributed by atoms with Crippen molar-refractivity contribution in [2.45, 2.75) is 123 Å². The van der Waals surface area contributed by atoms with Gasteiger partial charge in [0.25, 0.3) is 0 Å². The number of carboxylic acids is 1. The van der Waals surface area contributed by atoms with Crippen LogP contribution in [0.15, 0.2) is 4.99 Å². The molecule has 0 aromatic carbocycles. The zero-order valence-corrected chi connectivity index (χ0v) is 32.8. The van der Waals surface area contributed by atoms with Crippen molar-refractivity contribution in [3.8, 4) is 0 Å². The van der Waals surface area contributed by atoms with Gasteiger partial charge in [0.1, 0.15) is 36.8 Å². The Balaban J connectivity index is 6.34. The highest BCUT2D eigenvalue weighted by molar-refractivity contribution is 5.98. The molecule has 0 radical (unpaired) electrons. The van der Waals surface area contributed by atoms with Crippen LogP contribution in [0.3, 0.4) is 0 Å². The SMILES string of the molecule is CC[C@H](C)[C@H](NC(=O)[C@H](CCCCN)NC(=O)[C@H](CC(N)=O)NC(=O)[C@@H](NC(=O)[C@@H](N)C(C)C)C(C)C)C(=O)N[C@@H](CCCN=C(N)N)C(=O)NCC(=O)O. The molecule has 7 atom stereocenters. The molecule has 0 heterocycles. The van der Waals surface area contributed by atoms with Gasteiger partial charge < -0.3 is 65.7 Å². The Kier molecular flexibility index (Phi) is 23.5. The lowest BCUT2D eigenvalue weighted by molar-refractivity contribution is -0.139. The highest BCUT2D eigenvalue weighted by atomic mass is 16.4. The number of carbonyl (C=O) groups is 8. The van der Waals surface area contributed by atoms with Crippen LogP contribution in [0.25, 0.3) is 0 Å². The van der Waals surface area contributed by atoms with Crippen molar-refractivity contribution in [2.24, 2.45) is 51.4 Å². The second kappa shape index (κ2) is 25.9. The molecule has 0 aliphatic rings. The van der Waals surface area contributed by atoms with Crippen LogP contribution >= 0.6 is 0 Å². The number of carbonyl (C=O) groups excluding carboxylic acids is 7. The van der Waals surface area contributed by atoms with Crippen molar-refractivity contribution in [2.75, 3.05) is 19.6 Å². The van der Waals surface area contributed by atoms with E-state index in [0.717, 1.165) is 0 Å². The van der Waals surface area contributed by atoms with E-state index in [1.54, 1.807) is 41.5 Å². The first-order valence-corrected chi connectivity index (χ1v) is 18.5. The molecule has 0 bridgehead atoms. The van der Waals surface area contributed by atoms with Crippen LogP contribution in [-0.4, -0.2) is 114 Å². The Labute approximate surface area is 322 Å². The minimum absolute atomic E-state index is 0.0196. The third-order valence-corrected chi connectivity index (χ3v) is 8.67. The van der Waals surface area contributed by atoms with E-state index in [0.29, 0.717) is 19.3 Å². The summed E-state index contributed by atoms with van der Waals surface area (Å²) in [5, 5.41) is 24.1. The Morgan fingerprint density at radius 2 is 1.15 bits per heavy atom. The predicted molar refractivity (Wildman–Crippen MR) is 204 cm³/mol. The number of carboxylic acid groups (broad SMARTS) is 1. The number of primary amides is 1. The van der Waals surface area contributed by atoms with Crippen molar-refractivity contribution >= 4 is 53.3 Å². The van der Waals surface area contributed by atoms with Gasteiger partial charge in [-0.2, -0.15) is 0 Å². The highest BCUT2D eigenvalue weighted by Crippen LogP contribution is 2.12. The molecule has 0 spiro atoms. The Morgan fingerprint density at radius 3 is 1.65 bits per heavy atom. The quantitative estimate of drug-likeness (QED) is 0.0218. The van der Waals surface area contributed by atoms with Gasteiger partial charge in [-0.25, -0.2) is 0 Å². The van der Waals surface area contributed by atoms with Crippen LogP contribution in [0, 0.1) is 17.8 Å². The maximum absolute atomic E-state index is 13.8. The molecule has 7 amide bonds. The van der Waals surface area contributed by atoms with E-state index < -0.39 is 108 Å². The number of nitrogens with zero attached hydrogens (tertiary/aromatic N) is 1. The number of nitrogens with two attached hydrogens (primary N) is 5. The van der Waals surface area contributed by atoms with Crippen LogP contribution in [-0.2, 0) is 38.4 Å². The molecular formula is C34H64N12O9. The number of hydrogen-bond donors (Lipinski definition) is 12. The fourth-order valence-corrected chi connectivity index (χ4v) is 5.07. The average Bonchev–Trinajstić information content (AvgIpc) is 3.10. The molecule has 0 aliphatic heterocycles. The van der Waals surface area contributed by atoms with E-state index in [9.17, 15) is 38.4 Å². The van der Waals surface area contributed by atoms with E-state index in [-0.39, 0.29) is 44.2 Å². The first-order chi connectivity index (χ1) is 25.7. The number of unbranched alkanes of at least 4 members (excludes halogenated alkanes) is 1. The Bertz CT molecular complexity index is 1340. The fraction of sp³-hybridized carbons (Fsp3) is 0.735. The standard InChI is InChI=1S/C34H64N12O9/c1-7-19(6)27(33(55)43-20(12-10-14-40-34(38)39)28(50)41-16-24(48)49)46-29(51)21(11-8-9-13-35)42-30(52)22(15-23(36)47)44-32(54)26(18(4)5)45-31(53)25(37)17(2)3/h17-22,25-27H,7-16,35,37H2,1-6H3,(H2,36,47)(H,41,50)(H,42,52)(H,43,55)(H,44,54)(H,45,53)(H,46,51)(H,48,49)(H4,38,39,40)/t19-,20-,21-,22-,25-,26-,27-/m0/s1. The second-order valence-corrected chi connectivity index (χ2v) is 14.1. The summed E-state index contributed by atoms with van der Waals surface area (Å²) in [6.45, 7) is 9.93. The van der Waals surface area contributed by atoms with Crippen molar-refractivity contribution in [1.82, 2.24) is 31.9 Å². The molecule has 0 saturated heterocycles. The van der Waals surface area contributed by atoms with Gasteiger partial charge in [-0.15, -0.1) is 0 Å². The molecule has 0 fully saturated rings. The number of rotatable bonds is 27. The molecule has 0 saturated carbocycles. The van der Waals surface area contributed by atoms with Crippen LogP contribution in [0.5, 0.6) is 0 Å². The fourth-order valence-electron chi connectivity index (χ4n) is 5.07. The van der Waals surface area contributed by atoms with Gasteiger partial charge in [-0.3, -0.25) is 43.3 Å². The lowest BCUT2D eigenvalue weighted by Crippen LogP contribution is -2.61. The monoisotopic (exact) mass is 784 g/mol. The minimum Gasteiger partial charge on any atom is -0.480 e. The normalized spacial score (nSPS) is 14.9. The van der Waals surface area contributed by atoms with Gasteiger partial charge in [0.2, 0.25) is 41.4 Å². The Morgan fingerprint density at radius 1 is 0.636 bits per heavy atom. The van der Waals surface area contributed by atoms with Gasteiger partial charge in [-0.1, -0.05) is 48.0 Å². The summed E-state index contributed by atoms with van der Waals surface area (Å²) in [4.78, 5) is 107. The van der Waals surface area contributed by atoms with Crippen LogP contribution in [0.2, 0.25) is 0 Å². The van der Waals surface area contributed by atoms with Crippen molar-refractivity contribution < 1.29 is 43.5 Å². The lowest BCUT2D eigenvalue weighted by Gasteiger charge is -2.29. The lowest BCUT2D eigenvalue weighted by atomic mass is 9.96. The van der Waals surface area contributed by atoms with Crippen molar-refractivity contribution in [3.63, 3.8) is 0 Å². The highest BCUT2D eigenvalue weighted by Gasteiger charge is 2.35. The molecule has 21 nitrogen and oxygen atoms in total. The number of aliphatic imine (C=N–C) groups is 1. The van der Waals surface area contributed by atoms with E-state index in [4.69, 9.17) is 33.8 Å². The number of aliphatic carboxylic acids is 1. The topological polar surface area (TPSA) is 371 Å². The maximum atomic E-state index is 13.8. The van der Waals surface area contributed by atoms with E-state index in [1.165, 1.54) is 0 Å². The summed E-state index contributed by atoms with van der Waals surface area (Å²) in [6, 6.07) is -7.34. The van der Waals surface area contributed by atoms with Crippen LogP contribution in [0.4, 0.5) is 0 Å². The van der Waals surface area contributed by atoms with Gasteiger partial charge >= 0.3 is 5.97 Å². The molecule has 0 rings (SSSR count). The molecule has 0 aliphatic carbocycles. The third-order valence-electron chi connectivity index (χ3n) is 8.67. The second-order valence-electron chi connectivity index (χ2n) is 14.1. The largest absolute Gasteiger partial charge is 0.480 e. The first kappa shape index (κ1) is 49.9.